The normalized spacial score (nSPS) is 27.4. The number of alkyl halides is 2. The van der Waals surface area contributed by atoms with Crippen molar-refractivity contribution in [3.63, 3.8) is 0 Å². The second-order valence-electron chi connectivity index (χ2n) is 8.16. The first-order valence-electron chi connectivity index (χ1n) is 8.49. The summed E-state index contributed by atoms with van der Waals surface area (Å²) in [6.45, 7) is 7.84. The Balaban J connectivity index is 1.99. The number of fused-ring (bicyclic) bond motifs is 1. The number of hydrogen-bond acceptors (Lipinski definition) is 3. The van der Waals surface area contributed by atoms with Gasteiger partial charge in [0.1, 0.15) is 0 Å². The van der Waals surface area contributed by atoms with Gasteiger partial charge in [-0.15, -0.1) is 0 Å². The predicted molar refractivity (Wildman–Crippen MR) is 91.7 cm³/mol. The number of halogens is 2. The average Bonchev–Trinajstić information content (AvgIpc) is 2.67. The van der Waals surface area contributed by atoms with Gasteiger partial charge < -0.3 is 14.2 Å². The molecule has 0 saturated carbocycles. The van der Waals surface area contributed by atoms with Crippen LogP contribution in [0.3, 0.4) is 0 Å². The van der Waals surface area contributed by atoms with Gasteiger partial charge in [-0.2, -0.15) is 0 Å². The monoisotopic (exact) mass is 337 g/mol. The van der Waals surface area contributed by atoms with Gasteiger partial charge in [0.05, 0.1) is 11.2 Å². The van der Waals surface area contributed by atoms with Crippen molar-refractivity contribution in [3.8, 4) is 0 Å². The van der Waals surface area contributed by atoms with Gasteiger partial charge in [0, 0.05) is 18.0 Å². The Kier molecular flexibility index (Phi) is 4.10. The van der Waals surface area contributed by atoms with Crippen LogP contribution >= 0.6 is 0 Å². The Morgan fingerprint density at radius 3 is 2.21 bits per heavy atom. The predicted octanol–water partition coefficient (Wildman–Crippen LogP) is 3.47. The van der Waals surface area contributed by atoms with Crippen molar-refractivity contribution in [2.75, 3.05) is 14.1 Å². The highest BCUT2D eigenvalue weighted by molar-refractivity contribution is 6.62. The summed E-state index contributed by atoms with van der Waals surface area (Å²) >= 11 is 0. The van der Waals surface area contributed by atoms with Gasteiger partial charge in [-0.1, -0.05) is 18.2 Å². The Hall–Kier alpha value is -0.975. The highest BCUT2D eigenvalue weighted by Crippen LogP contribution is 2.45. The Labute approximate surface area is 143 Å². The summed E-state index contributed by atoms with van der Waals surface area (Å²) in [7, 11) is 3.25. The summed E-state index contributed by atoms with van der Waals surface area (Å²) < 4.78 is 41.0. The molecule has 1 aliphatic heterocycles. The zero-order chi connectivity index (χ0) is 17.9. The van der Waals surface area contributed by atoms with E-state index in [2.05, 4.69) is 0 Å². The molecule has 1 atom stereocenters. The smallest absolute Gasteiger partial charge is 0.399 e. The molecule has 0 aromatic heterocycles. The molecule has 3 rings (SSSR count). The second kappa shape index (κ2) is 5.51. The van der Waals surface area contributed by atoms with Gasteiger partial charge in [-0.05, 0) is 59.2 Å². The van der Waals surface area contributed by atoms with Crippen LogP contribution in [-0.4, -0.2) is 37.3 Å². The number of hydrogen-bond donors (Lipinski definition) is 0. The molecule has 3 nitrogen and oxygen atoms in total. The summed E-state index contributed by atoms with van der Waals surface area (Å²) in [4.78, 5) is 2.00. The SMILES string of the molecule is CN(C)C1CCC(F)(F)c2cc(B3OC(C)(C)C(C)(C)O3)ccc21. The molecule has 1 aromatic rings. The standard InChI is InChI=1S/C18H26BF2NO2/c1-16(2)17(3,4)24-19(23-16)12-7-8-13-14(11-12)18(20,21)10-9-15(13)22(5)6/h7-8,11,15H,9-10H2,1-6H3. The topological polar surface area (TPSA) is 21.7 Å². The van der Waals surface area contributed by atoms with Gasteiger partial charge >= 0.3 is 7.12 Å². The van der Waals surface area contributed by atoms with E-state index in [4.69, 9.17) is 9.31 Å². The molecule has 1 heterocycles. The summed E-state index contributed by atoms with van der Waals surface area (Å²) in [6, 6.07) is 5.27. The van der Waals surface area contributed by atoms with Crippen LogP contribution in [0.2, 0.25) is 0 Å². The lowest BCUT2D eigenvalue weighted by Crippen LogP contribution is -2.41. The molecule has 0 amide bonds. The molecular weight excluding hydrogens is 311 g/mol. The fourth-order valence-corrected chi connectivity index (χ4v) is 3.45. The molecule has 132 valence electrons. The first-order chi connectivity index (χ1) is 10.9. The molecule has 6 heteroatoms. The Morgan fingerprint density at radius 2 is 1.67 bits per heavy atom. The average molecular weight is 337 g/mol. The van der Waals surface area contributed by atoms with Crippen LogP contribution < -0.4 is 5.46 Å². The van der Waals surface area contributed by atoms with Gasteiger partial charge in [-0.25, -0.2) is 8.78 Å². The van der Waals surface area contributed by atoms with Crippen molar-refractivity contribution in [1.82, 2.24) is 4.90 Å². The van der Waals surface area contributed by atoms with Crippen LogP contribution in [-0.2, 0) is 15.2 Å². The molecule has 1 unspecified atom stereocenters. The van der Waals surface area contributed by atoms with Crippen molar-refractivity contribution in [3.05, 3.63) is 29.3 Å². The molecule has 24 heavy (non-hydrogen) atoms. The molecule has 1 aromatic carbocycles. The quantitative estimate of drug-likeness (QED) is 0.772. The molecule has 1 saturated heterocycles. The van der Waals surface area contributed by atoms with E-state index < -0.39 is 24.2 Å². The number of nitrogens with zero attached hydrogens (tertiary/aromatic N) is 1. The summed E-state index contributed by atoms with van der Waals surface area (Å²) in [5.41, 5.74) is 0.507. The van der Waals surface area contributed by atoms with E-state index in [9.17, 15) is 8.78 Å². The number of benzene rings is 1. The van der Waals surface area contributed by atoms with Gasteiger partial charge in [0.25, 0.3) is 5.92 Å². The van der Waals surface area contributed by atoms with E-state index in [1.54, 1.807) is 6.07 Å². The zero-order valence-corrected chi connectivity index (χ0v) is 15.3. The molecule has 0 radical (unpaired) electrons. The minimum absolute atomic E-state index is 0.0203. The zero-order valence-electron chi connectivity index (χ0n) is 15.3. The van der Waals surface area contributed by atoms with Crippen molar-refractivity contribution in [2.45, 2.75) is 63.7 Å². The molecular formula is C18H26BF2NO2. The van der Waals surface area contributed by atoms with Crippen LogP contribution in [0.1, 0.15) is 57.7 Å². The lowest BCUT2D eigenvalue weighted by Gasteiger charge is -2.35. The van der Waals surface area contributed by atoms with E-state index in [1.165, 1.54) is 0 Å². The molecule has 0 N–H and O–H groups in total. The maximum absolute atomic E-state index is 14.5. The molecule has 0 bridgehead atoms. The van der Waals surface area contributed by atoms with Crippen LogP contribution in [0, 0.1) is 0 Å². The maximum Gasteiger partial charge on any atom is 0.494 e. The first-order valence-corrected chi connectivity index (χ1v) is 8.49. The number of rotatable bonds is 2. The summed E-state index contributed by atoms with van der Waals surface area (Å²) in [6.07, 6.45) is 0.332. The van der Waals surface area contributed by atoms with E-state index in [0.717, 1.165) is 0 Å². The highest BCUT2D eigenvalue weighted by atomic mass is 19.3. The fourth-order valence-electron chi connectivity index (χ4n) is 3.45. The van der Waals surface area contributed by atoms with Crippen molar-refractivity contribution in [2.24, 2.45) is 0 Å². The summed E-state index contributed by atoms with van der Waals surface area (Å²) in [5.74, 6) is -2.80. The van der Waals surface area contributed by atoms with E-state index in [1.807, 2.05) is 58.8 Å². The minimum atomic E-state index is -2.80. The molecule has 1 aliphatic carbocycles. The minimum Gasteiger partial charge on any atom is -0.399 e. The van der Waals surface area contributed by atoms with E-state index in [-0.39, 0.29) is 18.0 Å². The van der Waals surface area contributed by atoms with Crippen molar-refractivity contribution in [1.29, 1.82) is 0 Å². The molecule has 0 spiro atoms. The molecule has 2 aliphatic rings. The van der Waals surface area contributed by atoms with Crippen LogP contribution in [0.15, 0.2) is 18.2 Å². The summed E-state index contributed by atoms with van der Waals surface area (Å²) in [5, 5.41) is 0. The third kappa shape index (κ3) is 2.78. The van der Waals surface area contributed by atoms with Gasteiger partial charge in [-0.3, -0.25) is 0 Å². The van der Waals surface area contributed by atoms with Crippen molar-refractivity contribution >= 4 is 12.6 Å². The third-order valence-electron chi connectivity index (χ3n) is 5.71. The lowest BCUT2D eigenvalue weighted by molar-refractivity contribution is -0.0321. The van der Waals surface area contributed by atoms with Gasteiger partial charge in [0.15, 0.2) is 0 Å². The van der Waals surface area contributed by atoms with Crippen LogP contribution in [0.4, 0.5) is 8.78 Å². The van der Waals surface area contributed by atoms with E-state index >= 15 is 0 Å². The van der Waals surface area contributed by atoms with Crippen LogP contribution in [0.25, 0.3) is 0 Å². The van der Waals surface area contributed by atoms with Gasteiger partial charge in [0.2, 0.25) is 0 Å². The Bertz CT molecular complexity index is 630. The molecule has 1 fully saturated rings. The first kappa shape index (κ1) is 17.8. The third-order valence-corrected chi connectivity index (χ3v) is 5.71. The van der Waals surface area contributed by atoms with E-state index in [0.29, 0.717) is 17.4 Å². The second-order valence-corrected chi connectivity index (χ2v) is 8.16. The largest absolute Gasteiger partial charge is 0.494 e. The fraction of sp³-hybridized carbons (Fsp3) is 0.667. The maximum atomic E-state index is 14.5. The van der Waals surface area contributed by atoms with Crippen LogP contribution in [0.5, 0.6) is 0 Å². The highest BCUT2D eigenvalue weighted by Gasteiger charge is 2.52. The lowest BCUT2D eigenvalue weighted by atomic mass is 9.74. The van der Waals surface area contributed by atoms with Crippen molar-refractivity contribution < 1.29 is 18.1 Å². The Morgan fingerprint density at radius 1 is 1.08 bits per heavy atom.